The first-order chi connectivity index (χ1) is 11.5. The number of nitrogens with zero attached hydrogens (tertiary/aromatic N) is 1. The highest BCUT2D eigenvalue weighted by Crippen LogP contribution is 2.32. The minimum atomic E-state index is -3.36. The minimum absolute atomic E-state index is 0.0863. The van der Waals surface area contributed by atoms with Gasteiger partial charge < -0.3 is 4.90 Å². The lowest BCUT2D eigenvalue weighted by molar-refractivity contribution is -0.118. The molecule has 6 heteroatoms. The zero-order valence-electron chi connectivity index (χ0n) is 14.3. The Morgan fingerprint density at radius 2 is 1.96 bits per heavy atom. The van der Waals surface area contributed by atoms with E-state index in [4.69, 9.17) is 0 Å². The van der Waals surface area contributed by atoms with Gasteiger partial charge in [-0.1, -0.05) is 32.3 Å². The Morgan fingerprint density at radius 1 is 1.21 bits per heavy atom. The summed E-state index contributed by atoms with van der Waals surface area (Å²) in [7, 11) is -3.36. The van der Waals surface area contributed by atoms with Crippen LogP contribution < -0.4 is 9.62 Å². The van der Waals surface area contributed by atoms with Gasteiger partial charge in [-0.2, -0.15) is 0 Å². The lowest BCUT2D eigenvalue weighted by Crippen LogP contribution is -2.35. The SMILES string of the molecule is CCC(=O)N1CCCc2ccc(NS(=O)(=O)C3CCCCC3)cc21. The predicted octanol–water partition coefficient (Wildman–Crippen LogP) is 3.45. The van der Waals surface area contributed by atoms with Crippen molar-refractivity contribution in [2.24, 2.45) is 0 Å². The fourth-order valence-corrected chi connectivity index (χ4v) is 5.29. The highest BCUT2D eigenvalue weighted by molar-refractivity contribution is 7.93. The highest BCUT2D eigenvalue weighted by atomic mass is 32.2. The van der Waals surface area contributed by atoms with Crippen LogP contribution in [0.3, 0.4) is 0 Å². The van der Waals surface area contributed by atoms with Crippen LogP contribution in [0.15, 0.2) is 18.2 Å². The van der Waals surface area contributed by atoms with Crippen LogP contribution in [-0.4, -0.2) is 26.1 Å². The second kappa shape index (κ2) is 7.13. The number of hydrogen-bond acceptors (Lipinski definition) is 3. The van der Waals surface area contributed by atoms with Gasteiger partial charge in [-0.3, -0.25) is 9.52 Å². The van der Waals surface area contributed by atoms with Crippen molar-refractivity contribution >= 4 is 27.3 Å². The number of amides is 1. The van der Waals surface area contributed by atoms with Gasteiger partial charge in [0, 0.05) is 18.7 Å². The van der Waals surface area contributed by atoms with E-state index in [1.54, 1.807) is 4.90 Å². The van der Waals surface area contributed by atoms with E-state index in [0.717, 1.165) is 56.2 Å². The summed E-state index contributed by atoms with van der Waals surface area (Å²) in [5.74, 6) is 0.0863. The third-order valence-electron chi connectivity index (χ3n) is 5.06. The number of sulfonamides is 1. The fourth-order valence-electron chi connectivity index (χ4n) is 3.71. The molecule has 0 saturated heterocycles. The first kappa shape index (κ1) is 17.3. The molecule has 1 amide bonds. The van der Waals surface area contributed by atoms with Crippen LogP contribution in [0.2, 0.25) is 0 Å². The maximum Gasteiger partial charge on any atom is 0.235 e. The molecule has 24 heavy (non-hydrogen) atoms. The van der Waals surface area contributed by atoms with Crippen LogP contribution in [0, 0.1) is 0 Å². The van der Waals surface area contributed by atoms with Gasteiger partial charge in [-0.05, 0) is 43.4 Å². The van der Waals surface area contributed by atoms with Gasteiger partial charge in [-0.25, -0.2) is 8.42 Å². The second-order valence-electron chi connectivity index (χ2n) is 6.75. The van der Waals surface area contributed by atoms with Crippen molar-refractivity contribution in [3.63, 3.8) is 0 Å². The molecule has 1 heterocycles. The Balaban J connectivity index is 1.83. The number of nitrogens with one attached hydrogen (secondary N) is 1. The molecule has 0 unspecified atom stereocenters. The average molecular weight is 350 g/mol. The van der Waals surface area contributed by atoms with E-state index in [-0.39, 0.29) is 11.2 Å². The van der Waals surface area contributed by atoms with Gasteiger partial charge in [0.2, 0.25) is 15.9 Å². The fraction of sp³-hybridized carbons (Fsp3) is 0.611. The summed E-state index contributed by atoms with van der Waals surface area (Å²) in [6, 6.07) is 5.59. The van der Waals surface area contributed by atoms with E-state index >= 15 is 0 Å². The van der Waals surface area contributed by atoms with Gasteiger partial charge >= 0.3 is 0 Å². The maximum atomic E-state index is 12.6. The van der Waals surface area contributed by atoms with Crippen LogP contribution in [0.4, 0.5) is 11.4 Å². The van der Waals surface area contributed by atoms with E-state index in [0.29, 0.717) is 18.7 Å². The lowest BCUT2D eigenvalue weighted by Gasteiger charge is -2.30. The van der Waals surface area contributed by atoms with Gasteiger partial charge in [0.25, 0.3) is 0 Å². The molecule has 5 nitrogen and oxygen atoms in total. The van der Waals surface area contributed by atoms with Crippen molar-refractivity contribution in [1.29, 1.82) is 0 Å². The molecule has 0 atom stereocenters. The first-order valence-corrected chi connectivity index (χ1v) is 10.5. The summed E-state index contributed by atoms with van der Waals surface area (Å²) in [5, 5.41) is -0.296. The minimum Gasteiger partial charge on any atom is -0.312 e. The molecule has 132 valence electrons. The Kier molecular flexibility index (Phi) is 5.13. The summed E-state index contributed by atoms with van der Waals surface area (Å²) < 4.78 is 28.0. The van der Waals surface area contributed by atoms with E-state index in [1.807, 2.05) is 25.1 Å². The third-order valence-corrected chi connectivity index (χ3v) is 6.93. The molecule has 2 aliphatic rings. The Hall–Kier alpha value is -1.56. The maximum absolute atomic E-state index is 12.6. The molecule has 0 bridgehead atoms. The summed E-state index contributed by atoms with van der Waals surface area (Å²) in [4.78, 5) is 13.9. The van der Waals surface area contributed by atoms with Gasteiger partial charge in [0.05, 0.1) is 10.9 Å². The van der Waals surface area contributed by atoms with Gasteiger partial charge in [0.15, 0.2) is 0 Å². The first-order valence-electron chi connectivity index (χ1n) is 8.96. The van der Waals surface area contributed by atoms with Crippen molar-refractivity contribution in [3.05, 3.63) is 23.8 Å². The second-order valence-corrected chi connectivity index (χ2v) is 8.71. The van der Waals surface area contributed by atoms with Crippen molar-refractivity contribution in [2.45, 2.75) is 63.5 Å². The van der Waals surface area contributed by atoms with E-state index in [1.165, 1.54) is 0 Å². The molecule has 1 aliphatic heterocycles. The quantitative estimate of drug-likeness (QED) is 0.904. The normalized spacial score (nSPS) is 19.0. The number of anilines is 2. The smallest absolute Gasteiger partial charge is 0.235 e. The van der Waals surface area contributed by atoms with Crippen molar-refractivity contribution in [1.82, 2.24) is 0 Å². The zero-order chi connectivity index (χ0) is 17.2. The highest BCUT2D eigenvalue weighted by Gasteiger charge is 2.28. The average Bonchev–Trinajstić information content (AvgIpc) is 2.61. The summed E-state index contributed by atoms with van der Waals surface area (Å²) in [5.41, 5.74) is 2.54. The molecule has 0 aromatic heterocycles. The van der Waals surface area contributed by atoms with E-state index in [2.05, 4.69) is 4.72 Å². The Labute approximate surface area is 144 Å². The van der Waals surface area contributed by atoms with Crippen LogP contribution in [0.5, 0.6) is 0 Å². The third kappa shape index (κ3) is 3.58. The molecule has 1 saturated carbocycles. The number of hydrogen-bond donors (Lipinski definition) is 1. The Bertz CT molecular complexity index is 709. The van der Waals surface area contributed by atoms with Crippen LogP contribution in [-0.2, 0) is 21.2 Å². The van der Waals surface area contributed by atoms with Gasteiger partial charge in [0.1, 0.15) is 0 Å². The molecule has 0 radical (unpaired) electrons. The van der Waals surface area contributed by atoms with Crippen LogP contribution in [0.1, 0.15) is 57.4 Å². The standard InChI is InChI=1S/C18H26N2O3S/c1-2-18(21)20-12-6-7-14-10-11-15(13-17(14)20)19-24(22,23)16-8-4-3-5-9-16/h10-11,13,16,19H,2-9,12H2,1H3. The van der Waals surface area contributed by atoms with Crippen molar-refractivity contribution < 1.29 is 13.2 Å². The van der Waals surface area contributed by atoms with Crippen LogP contribution in [0.25, 0.3) is 0 Å². The molecule has 1 fully saturated rings. The lowest BCUT2D eigenvalue weighted by atomic mass is 10.0. The van der Waals surface area contributed by atoms with Crippen molar-refractivity contribution in [3.8, 4) is 0 Å². The summed E-state index contributed by atoms with van der Waals surface area (Å²) in [6.07, 6.45) is 6.89. The number of carbonyl (C=O) groups excluding carboxylic acids is 1. The molecular weight excluding hydrogens is 324 g/mol. The molecule has 1 aliphatic carbocycles. The number of carbonyl (C=O) groups is 1. The molecule has 1 N–H and O–H groups in total. The number of rotatable bonds is 4. The number of fused-ring (bicyclic) bond motifs is 1. The van der Waals surface area contributed by atoms with Crippen LogP contribution >= 0.6 is 0 Å². The summed E-state index contributed by atoms with van der Waals surface area (Å²) >= 11 is 0. The topological polar surface area (TPSA) is 66.5 Å². The molecule has 1 aromatic carbocycles. The van der Waals surface area contributed by atoms with E-state index in [9.17, 15) is 13.2 Å². The number of benzene rings is 1. The monoisotopic (exact) mass is 350 g/mol. The zero-order valence-corrected chi connectivity index (χ0v) is 15.1. The predicted molar refractivity (Wildman–Crippen MR) is 96.8 cm³/mol. The largest absolute Gasteiger partial charge is 0.312 e. The van der Waals surface area contributed by atoms with Gasteiger partial charge in [-0.15, -0.1) is 0 Å². The van der Waals surface area contributed by atoms with Crippen molar-refractivity contribution in [2.75, 3.05) is 16.2 Å². The molecule has 0 spiro atoms. The Morgan fingerprint density at radius 3 is 2.67 bits per heavy atom. The number of aryl methyl sites for hydroxylation is 1. The van der Waals surface area contributed by atoms with E-state index < -0.39 is 10.0 Å². The molecular formula is C18H26N2O3S. The molecule has 1 aromatic rings. The summed E-state index contributed by atoms with van der Waals surface area (Å²) in [6.45, 7) is 2.56. The molecule has 3 rings (SSSR count).